The van der Waals surface area contributed by atoms with Gasteiger partial charge in [-0.3, -0.25) is 4.79 Å². The molecule has 0 fully saturated rings. The molecular formula is C11H11Cl2N3O3S. The number of sulfonamides is 1. The summed E-state index contributed by atoms with van der Waals surface area (Å²) in [7, 11) is -3.47. The normalized spacial score (nSPS) is 12.5. The van der Waals surface area contributed by atoms with E-state index in [2.05, 4.69) is 5.32 Å². The Morgan fingerprint density at radius 2 is 2.05 bits per heavy atom. The van der Waals surface area contributed by atoms with Crippen LogP contribution in [-0.2, 0) is 14.8 Å². The monoisotopic (exact) mass is 335 g/mol. The van der Waals surface area contributed by atoms with E-state index in [-0.39, 0.29) is 5.02 Å². The summed E-state index contributed by atoms with van der Waals surface area (Å²) in [6.45, 7) is -0.446. The van der Waals surface area contributed by atoms with Gasteiger partial charge >= 0.3 is 0 Å². The predicted molar refractivity (Wildman–Crippen MR) is 75.8 cm³/mol. The highest BCUT2D eigenvalue weighted by molar-refractivity contribution is 7.88. The number of benzene rings is 1. The maximum Gasteiger partial charge on any atom is 0.236 e. The van der Waals surface area contributed by atoms with Gasteiger partial charge in [-0.05, 0) is 17.7 Å². The fourth-order valence-corrected chi connectivity index (χ4v) is 1.99. The highest BCUT2D eigenvalue weighted by atomic mass is 35.5. The molecule has 0 aliphatic heterocycles. The molecule has 1 unspecified atom stereocenters. The van der Waals surface area contributed by atoms with Crippen molar-refractivity contribution < 1.29 is 13.2 Å². The van der Waals surface area contributed by atoms with Crippen LogP contribution in [0.5, 0.6) is 0 Å². The summed E-state index contributed by atoms with van der Waals surface area (Å²) in [5.41, 5.74) is 0.453. The van der Waals surface area contributed by atoms with Gasteiger partial charge in [0.25, 0.3) is 0 Å². The lowest BCUT2D eigenvalue weighted by molar-refractivity contribution is -0.120. The summed E-state index contributed by atoms with van der Waals surface area (Å²) in [5, 5.41) is 12.0. The Labute approximate surface area is 126 Å². The van der Waals surface area contributed by atoms with E-state index in [1.54, 1.807) is 6.07 Å². The molecule has 1 rings (SSSR count). The molecule has 0 aliphatic rings. The Kier molecular flexibility index (Phi) is 5.77. The maximum absolute atomic E-state index is 11.5. The summed E-state index contributed by atoms with van der Waals surface area (Å²) in [6, 6.07) is 5.45. The Hall–Kier alpha value is -1.33. The van der Waals surface area contributed by atoms with E-state index in [9.17, 15) is 13.2 Å². The van der Waals surface area contributed by atoms with Crippen LogP contribution in [-0.4, -0.2) is 27.1 Å². The number of hydrogen-bond acceptors (Lipinski definition) is 4. The molecule has 2 N–H and O–H groups in total. The second-order valence-electron chi connectivity index (χ2n) is 3.90. The second kappa shape index (κ2) is 6.90. The molecule has 1 aromatic rings. The molecule has 0 radical (unpaired) electrons. The average molecular weight is 336 g/mol. The van der Waals surface area contributed by atoms with Crippen molar-refractivity contribution in [3.05, 3.63) is 33.8 Å². The smallest absolute Gasteiger partial charge is 0.236 e. The minimum absolute atomic E-state index is 0.257. The van der Waals surface area contributed by atoms with E-state index in [0.29, 0.717) is 10.6 Å². The van der Waals surface area contributed by atoms with E-state index in [4.69, 9.17) is 28.5 Å². The molecule has 0 bridgehead atoms. The van der Waals surface area contributed by atoms with Crippen LogP contribution < -0.4 is 10.0 Å². The van der Waals surface area contributed by atoms with Gasteiger partial charge in [-0.25, -0.2) is 13.1 Å². The first-order valence-electron chi connectivity index (χ1n) is 5.31. The molecule has 20 heavy (non-hydrogen) atoms. The third kappa shape index (κ3) is 5.35. The zero-order valence-electron chi connectivity index (χ0n) is 10.4. The zero-order chi connectivity index (χ0) is 15.3. The molecule has 0 saturated heterocycles. The van der Waals surface area contributed by atoms with Crippen molar-refractivity contribution in [3.8, 4) is 6.07 Å². The van der Waals surface area contributed by atoms with Gasteiger partial charge in [0.1, 0.15) is 6.04 Å². The molecule has 108 valence electrons. The lowest BCUT2D eigenvalue weighted by Gasteiger charge is -2.12. The number of rotatable bonds is 5. The number of hydrogen-bond donors (Lipinski definition) is 2. The van der Waals surface area contributed by atoms with E-state index in [1.807, 2.05) is 10.8 Å². The summed E-state index contributed by atoms with van der Waals surface area (Å²) < 4.78 is 23.7. The molecule has 0 saturated carbocycles. The zero-order valence-corrected chi connectivity index (χ0v) is 12.7. The van der Waals surface area contributed by atoms with E-state index < -0.39 is 28.5 Å². The number of nitrogens with zero attached hydrogens (tertiary/aromatic N) is 1. The lowest BCUT2D eigenvalue weighted by Crippen LogP contribution is -2.37. The molecule has 0 aliphatic carbocycles. The fraction of sp³-hybridized carbons (Fsp3) is 0.273. The van der Waals surface area contributed by atoms with Crippen molar-refractivity contribution in [3.63, 3.8) is 0 Å². The molecule has 0 spiro atoms. The van der Waals surface area contributed by atoms with Crippen LogP contribution in [0.1, 0.15) is 11.6 Å². The van der Waals surface area contributed by atoms with Gasteiger partial charge < -0.3 is 5.32 Å². The molecule has 6 nitrogen and oxygen atoms in total. The van der Waals surface area contributed by atoms with Crippen LogP contribution in [0.2, 0.25) is 10.0 Å². The van der Waals surface area contributed by atoms with Gasteiger partial charge in [-0.15, -0.1) is 0 Å². The lowest BCUT2D eigenvalue weighted by atomic mass is 10.1. The summed E-state index contributed by atoms with van der Waals surface area (Å²) in [6.07, 6.45) is 0.932. The van der Waals surface area contributed by atoms with E-state index in [1.165, 1.54) is 12.1 Å². The van der Waals surface area contributed by atoms with Crippen molar-refractivity contribution in [2.24, 2.45) is 0 Å². The van der Waals surface area contributed by atoms with Crippen LogP contribution in [0.15, 0.2) is 18.2 Å². The number of halogens is 2. The van der Waals surface area contributed by atoms with Gasteiger partial charge in [0, 0.05) is 0 Å². The van der Waals surface area contributed by atoms with Crippen molar-refractivity contribution in [2.45, 2.75) is 6.04 Å². The second-order valence-corrected chi connectivity index (χ2v) is 6.54. The Balaban J connectivity index is 2.75. The van der Waals surface area contributed by atoms with Gasteiger partial charge in [0.15, 0.2) is 0 Å². The molecule has 0 aromatic heterocycles. The van der Waals surface area contributed by atoms with E-state index in [0.717, 1.165) is 6.26 Å². The van der Waals surface area contributed by atoms with Crippen LogP contribution in [0, 0.1) is 11.3 Å². The van der Waals surface area contributed by atoms with Gasteiger partial charge in [0.2, 0.25) is 15.9 Å². The number of carbonyl (C=O) groups excluding carboxylic acids is 1. The quantitative estimate of drug-likeness (QED) is 0.845. The predicted octanol–water partition coefficient (Wildman–Crippen LogP) is 1.22. The van der Waals surface area contributed by atoms with Crippen LogP contribution in [0.3, 0.4) is 0 Å². The Morgan fingerprint density at radius 3 is 2.55 bits per heavy atom. The standard InChI is InChI=1S/C11H11Cl2N3O3S/c1-20(18,19)15-6-11(17)16-10(5-14)7-2-3-8(12)9(13)4-7/h2-4,10,15H,6H2,1H3,(H,16,17). The van der Waals surface area contributed by atoms with Gasteiger partial charge in [-0.1, -0.05) is 29.3 Å². The SMILES string of the molecule is CS(=O)(=O)NCC(=O)NC(C#N)c1ccc(Cl)c(Cl)c1. The van der Waals surface area contributed by atoms with Crippen molar-refractivity contribution in [2.75, 3.05) is 12.8 Å². The number of amides is 1. The largest absolute Gasteiger partial charge is 0.335 e. The van der Waals surface area contributed by atoms with Crippen molar-refractivity contribution in [1.29, 1.82) is 5.26 Å². The molecule has 1 atom stereocenters. The van der Waals surface area contributed by atoms with Crippen LogP contribution >= 0.6 is 23.2 Å². The number of carbonyl (C=O) groups is 1. The minimum Gasteiger partial charge on any atom is -0.335 e. The summed E-state index contributed by atoms with van der Waals surface area (Å²) in [5.74, 6) is -0.631. The average Bonchev–Trinajstić information content (AvgIpc) is 2.36. The molecule has 1 aromatic carbocycles. The topological polar surface area (TPSA) is 99.1 Å². The fourth-order valence-electron chi connectivity index (χ4n) is 1.29. The molecular weight excluding hydrogens is 325 g/mol. The van der Waals surface area contributed by atoms with Gasteiger partial charge in [0.05, 0.1) is 28.9 Å². The van der Waals surface area contributed by atoms with Crippen LogP contribution in [0.25, 0.3) is 0 Å². The first kappa shape index (κ1) is 16.7. The Bertz CT molecular complexity index is 655. The highest BCUT2D eigenvalue weighted by Crippen LogP contribution is 2.25. The molecule has 9 heteroatoms. The molecule has 1 amide bonds. The Morgan fingerprint density at radius 1 is 1.40 bits per heavy atom. The first-order chi connectivity index (χ1) is 9.23. The van der Waals surface area contributed by atoms with Gasteiger partial charge in [-0.2, -0.15) is 5.26 Å². The minimum atomic E-state index is -3.47. The summed E-state index contributed by atoms with van der Waals surface area (Å²) in [4.78, 5) is 11.5. The third-order valence-electron chi connectivity index (χ3n) is 2.21. The maximum atomic E-state index is 11.5. The van der Waals surface area contributed by atoms with E-state index >= 15 is 0 Å². The van der Waals surface area contributed by atoms with Crippen LogP contribution in [0.4, 0.5) is 0 Å². The summed E-state index contributed by atoms with van der Waals surface area (Å²) >= 11 is 11.6. The number of nitrogens with one attached hydrogen (secondary N) is 2. The van der Waals surface area contributed by atoms with Crippen molar-refractivity contribution in [1.82, 2.24) is 10.0 Å². The highest BCUT2D eigenvalue weighted by Gasteiger charge is 2.15. The first-order valence-corrected chi connectivity index (χ1v) is 7.96. The number of nitriles is 1. The van der Waals surface area contributed by atoms with Crippen molar-refractivity contribution >= 4 is 39.1 Å². The molecule has 0 heterocycles. The third-order valence-corrected chi connectivity index (χ3v) is 3.61.